The molecule has 1 fully saturated rings. The topological polar surface area (TPSA) is 26.7 Å². The minimum absolute atomic E-state index is 0.207. The molecule has 1 N–H and O–H groups in total. The summed E-state index contributed by atoms with van der Waals surface area (Å²) >= 11 is 0. The zero-order chi connectivity index (χ0) is 13.1. The maximum atomic E-state index is 9.62. The van der Waals surface area contributed by atoms with Gasteiger partial charge >= 0.3 is 0 Å². The number of anilines is 1. The molecule has 0 spiro atoms. The Morgan fingerprint density at radius 2 is 2.00 bits per heavy atom. The van der Waals surface area contributed by atoms with Crippen LogP contribution in [0.3, 0.4) is 0 Å². The number of likely N-dealkylation sites (N-methyl/N-ethyl adjacent to an activating group) is 1. The quantitative estimate of drug-likeness (QED) is 0.883. The van der Waals surface area contributed by atoms with Crippen molar-refractivity contribution in [2.24, 2.45) is 0 Å². The molecule has 1 saturated heterocycles. The third-order valence-corrected chi connectivity index (χ3v) is 4.05. The summed E-state index contributed by atoms with van der Waals surface area (Å²) in [5, 5.41) is 9.62. The summed E-state index contributed by atoms with van der Waals surface area (Å²) < 4.78 is 0. The number of nitrogens with zero attached hydrogens (tertiary/aromatic N) is 2. The molecule has 0 radical (unpaired) electrons. The summed E-state index contributed by atoms with van der Waals surface area (Å²) in [4.78, 5) is 4.70. The molecule has 2 rings (SSSR count). The molecule has 3 heteroatoms. The van der Waals surface area contributed by atoms with Crippen LogP contribution in [-0.4, -0.2) is 48.8 Å². The summed E-state index contributed by atoms with van der Waals surface area (Å²) in [5.74, 6) is 0. The summed E-state index contributed by atoms with van der Waals surface area (Å²) in [6.45, 7) is 6.56. The van der Waals surface area contributed by atoms with Crippen molar-refractivity contribution in [1.82, 2.24) is 4.90 Å². The van der Waals surface area contributed by atoms with Gasteiger partial charge < -0.3 is 10.0 Å². The molecule has 0 amide bonds. The molecule has 0 saturated carbocycles. The van der Waals surface area contributed by atoms with Gasteiger partial charge in [-0.3, -0.25) is 4.90 Å². The molecule has 3 nitrogen and oxygen atoms in total. The molecule has 1 aliphatic rings. The molecular formula is C15H24N2O. The van der Waals surface area contributed by atoms with Crippen LogP contribution in [0.15, 0.2) is 24.3 Å². The largest absolute Gasteiger partial charge is 0.394 e. The minimum atomic E-state index is 0.207. The normalized spacial score (nSPS) is 25.4. The van der Waals surface area contributed by atoms with Gasteiger partial charge in [-0.2, -0.15) is 0 Å². The molecule has 0 bridgehead atoms. The van der Waals surface area contributed by atoms with Crippen LogP contribution in [0.1, 0.15) is 19.4 Å². The first-order valence-electron chi connectivity index (χ1n) is 6.83. The Balaban J connectivity index is 2.29. The van der Waals surface area contributed by atoms with Crippen LogP contribution >= 0.6 is 0 Å². The predicted molar refractivity (Wildman–Crippen MR) is 76.1 cm³/mol. The van der Waals surface area contributed by atoms with Gasteiger partial charge in [-0.05, 0) is 32.0 Å². The summed E-state index contributed by atoms with van der Waals surface area (Å²) in [6.07, 6.45) is 1.04. The molecule has 2 atom stereocenters. The molecule has 1 aromatic rings. The number of piperazine rings is 1. The lowest BCUT2D eigenvalue weighted by Gasteiger charge is -2.45. The Hall–Kier alpha value is -1.06. The van der Waals surface area contributed by atoms with Crippen LogP contribution in [0, 0.1) is 0 Å². The summed E-state index contributed by atoms with van der Waals surface area (Å²) in [5.41, 5.74) is 2.66. The van der Waals surface area contributed by atoms with Crippen LogP contribution in [0.4, 0.5) is 5.69 Å². The van der Waals surface area contributed by atoms with Crippen LogP contribution in [0.25, 0.3) is 0 Å². The van der Waals surface area contributed by atoms with Gasteiger partial charge in [0.1, 0.15) is 0 Å². The fourth-order valence-corrected chi connectivity index (χ4v) is 2.73. The fourth-order valence-electron chi connectivity index (χ4n) is 2.73. The average molecular weight is 248 g/mol. The number of benzene rings is 1. The van der Waals surface area contributed by atoms with E-state index in [-0.39, 0.29) is 12.6 Å². The maximum Gasteiger partial charge on any atom is 0.0648 e. The highest BCUT2D eigenvalue weighted by Crippen LogP contribution is 2.26. The van der Waals surface area contributed by atoms with E-state index < -0.39 is 0 Å². The highest BCUT2D eigenvalue weighted by Gasteiger charge is 2.29. The molecule has 1 aliphatic heterocycles. The molecular weight excluding hydrogens is 224 g/mol. The van der Waals surface area contributed by atoms with Gasteiger partial charge in [0.05, 0.1) is 12.6 Å². The van der Waals surface area contributed by atoms with E-state index in [4.69, 9.17) is 0 Å². The van der Waals surface area contributed by atoms with E-state index in [1.165, 1.54) is 11.3 Å². The first-order valence-corrected chi connectivity index (χ1v) is 6.83. The Labute approximate surface area is 110 Å². The molecule has 100 valence electrons. The third-order valence-electron chi connectivity index (χ3n) is 4.05. The number of para-hydroxylation sites is 1. The van der Waals surface area contributed by atoms with Crippen molar-refractivity contribution in [1.29, 1.82) is 0 Å². The van der Waals surface area contributed by atoms with E-state index in [0.29, 0.717) is 6.04 Å². The van der Waals surface area contributed by atoms with E-state index in [2.05, 4.69) is 55.0 Å². The van der Waals surface area contributed by atoms with Gasteiger partial charge in [0.15, 0.2) is 0 Å². The van der Waals surface area contributed by atoms with Gasteiger partial charge in [0.2, 0.25) is 0 Å². The number of rotatable bonds is 3. The Morgan fingerprint density at radius 3 is 2.67 bits per heavy atom. The van der Waals surface area contributed by atoms with Gasteiger partial charge in [-0.15, -0.1) is 0 Å². The zero-order valence-electron chi connectivity index (χ0n) is 11.6. The van der Waals surface area contributed by atoms with Gasteiger partial charge in [-0.25, -0.2) is 0 Å². The van der Waals surface area contributed by atoms with Gasteiger partial charge in [0, 0.05) is 24.8 Å². The lowest BCUT2D eigenvalue weighted by Crippen LogP contribution is -2.57. The van der Waals surface area contributed by atoms with E-state index in [1.807, 2.05) is 0 Å². The van der Waals surface area contributed by atoms with E-state index >= 15 is 0 Å². The molecule has 18 heavy (non-hydrogen) atoms. The standard InChI is InChI=1S/C15H24N2O/c1-4-13-7-5-6-8-15(13)17-9-12(2)16(3)10-14(17)11-18/h5-8,12,14,18H,4,9-11H2,1-3H3. The molecule has 2 unspecified atom stereocenters. The Bertz CT molecular complexity index is 394. The van der Waals surface area contributed by atoms with E-state index in [0.717, 1.165) is 19.5 Å². The fraction of sp³-hybridized carbons (Fsp3) is 0.600. The highest BCUT2D eigenvalue weighted by atomic mass is 16.3. The van der Waals surface area contributed by atoms with Crippen LogP contribution in [0.2, 0.25) is 0 Å². The van der Waals surface area contributed by atoms with Crippen LogP contribution < -0.4 is 4.90 Å². The summed E-state index contributed by atoms with van der Waals surface area (Å²) in [7, 11) is 2.14. The molecule has 1 heterocycles. The van der Waals surface area contributed by atoms with Crippen molar-refractivity contribution in [3.8, 4) is 0 Å². The van der Waals surface area contributed by atoms with Crippen molar-refractivity contribution in [3.63, 3.8) is 0 Å². The highest BCUT2D eigenvalue weighted by molar-refractivity contribution is 5.55. The molecule has 0 aromatic heterocycles. The number of aryl methyl sites for hydroxylation is 1. The van der Waals surface area contributed by atoms with E-state index in [9.17, 15) is 5.11 Å². The zero-order valence-corrected chi connectivity index (χ0v) is 11.6. The second kappa shape index (κ2) is 5.72. The van der Waals surface area contributed by atoms with Crippen LogP contribution in [-0.2, 0) is 6.42 Å². The van der Waals surface area contributed by atoms with Crippen molar-refractivity contribution >= 4 is 5.69 Å². The average Bonchev–Trinajstić information content (AvgIpc) is 2.41. The van der Waals surface area contributed by atoms with Gasteiger partial charge in [-0.1, -0.05) is 25.1 Å². The van der Waals surface area contributed by atoms with E-state index in [1.54, 1.807) is 0 Å². The SMILES string of the molecule is CCc1ccccc1N1CC(C)N(C)CC1CO. The second-order valence-electron chi connectivity index (χ2n) is 5.26. The smallest absolute Gasteiger partial charge is 0.0648 e. The predicted octanol–water partition coefficient (Wildman–Crippen LogP) is 1.75. The first kappa shape index (κ1) is 13.4. The van der Waals surface area contributed by atoms with Crippen molar-refractivity contribution < 1.29 is 5.11 Å². The maximum absolute atomic E-state index is 9.62. The number of hydrogen-bond donors (Lipinski definition) is 1. The number of aliphatic hydroxyl groups excluding tert-OH is 1. The Morgan fingerprint density at radius 1 is 1.28 bits per heavy atom. The Kier molecular flexibility index (Phi) is 4.25. The van der Waals surface area contributed by atoms with Crippen molar-refractivity contribution in [3.05, 3.63) is 29.8 Å². The summed E-state index contributed by atoms with van der Waals surface area (Å²) in [6, 6.07) is 9.28. The number of hydrogen-bond acceptors (Lipinski definition) is 3. The number of aliphatic hydroxyl groups is 1. The molecule has 0 aliphatic carbocycles. The monoisotopic (exact) mass is 248 g/mol. The lowest BCUT2D eigenvalue weighted by molar-refractivity contribution is 0.155. The van der Waals surface area contributed by atoms with Crippen LogP contribution in [0.5, 0.6) is 0 Å². The third kappa shape index (κ3) is 2.52. The second-order valence-corrected chi connectivity index (χ2v) is 5.26. The van der Waals surface area contributed by atoms with Gasteiger partial charge in [0.25, 0.3) is 0 Å². The van der Waals surface area contributed by atoms with Crippen molar-refractivity contribution in [2.45, 2.75) is 32.4 Å². The van der Waals surface area contributed by atoms with Crippen molar-refractivity contribution in [2.75, 3.05) is 31.6 Å². The first-order chi connectivity index (χ1) is 8.67. The molecule has 1 aromatic carbocycles. The lowest BCUT2D eigenvalue weighted by atomic mass is 10.0. The minimum Gasteiger partial charge on any atom is -0.394 e.